The van der Waals surface area contributed by atoms with Gasteiger partial charge in [-0.1, -0.05) is 18.2 Å². The monoisotopic (exact) mass is 517 g/mol. The molecule has 0 bridgehead atoms. The lowest BCUT2D eigenvalue weighted by molar-refractivity contribution is -0.132. The summed E-state index contributed by atoms with van der Waals surface area (Å²) in [6, 6.07) is 14.8. The summed E-state index contributed by atoms with van der Waals surface area (Å²) >= 11 is 0. The van der Waals surface area contributed by atoms with Gasteiger partial charge in [-0.3, -0.25) is 14.5 Å². The molecule has 0 radical (unpaired) electrons. The van der Waals surface area contributed by atoms with Crippen LogP contribution in [0.5, 0.6) is 23.0 Å². The molecule has 1 saturated heterocycles. The number of carbonyl (C=O) groups excluding carboxylic acids is 2. The molecule has 1 heterocycles. The molecule has 0 saturated carbocycles. The summed E-state index contributed by atoms with van der Waals surface area (Å²) in [4.78, 5) is 28.5. The second-order valence-corrected chi connectivity index (χ2v) is 8.88. The maximum atomic E-state index is 13.6. The van der Waals surface area contributed by atoms with Crippen LogP contribution >= 0.6 is 0 Å². The molecule has 3 aromatic rings. The molecule has 1 unspecified atom stereocenters. The van der Waals surface area contributed by atoms with Crippen LogP contribution in [0.15, 0.2) is 60.2 Å². The smallest absolute Gasteiger partial charge is 0.300 e. The first-order chi connectivity index (χ1) is 18.2. The Labute approximate surface area is 222 Å². The van der Waals surface area contributed by atoms with Gasteiger partial charge >= 0.3 is 0 Å². The molecule has 4 rings (SSSR count). The first-order valence-corrected chi connectivity index (χ1v) is 12.2. The largest absolute Gasteiger partial charge is 0.507 e. The summed E-state index contributed by atoms with van der Waals surface area (Å²) in [5, 5.41) is 11.7. The number of ketones is 1. The summed E-state index contributed by atoms with van der Waals surface area (Å²) < 4.78 is 22.1. The second-order valence-electron chi connectivity index (χ2n) is 8.88. The molecule has 8 heteroatoms. The molecular formula is C30H31NO7. The summed E-state index contributed by atoms with van der Waals surface area (Å²) in [6.07, 6.45) is 0. The first-order valence-electron chi connectivity index (χ1n) is 12.2. The number of amides is 1. The zero-order valence-electron chi connectivity index (χ0n) is 22.3. The summed E-state index contributed by atoms with van der Waals surface area (Å²) in [5.41, 5.74) is 2.92. The van der Waals surface area contributed by atoms with E-state index in [1.54, 1.807) is 48.5 Å². The van der Waals surface area contributed by atoms with E-state index in [2.05, 4.69) is 0 Å². The Bertz CT molecular complexity index is 1430. The minimum Gasteiger partial charge on any atom is -0.507 e. The van der Waals surface area contributed by atoms with E-state index < -0.39 is 17.7 Å². The van der Waals surface area contributed by atoms with Crippen molar-refractivity contribution >= 4 is 23.1 Å². The van der Waals surface area contributed by atoms with Gasteiger partial charge in [0.1, 0.15) is 17.3 Å². The number of aliphatic hydroxyl groups is 1. The third-order valence-corrected chi connectivity index (χ3v) is 6.45. The van der Waals surface area contributed by atoms with E-state index in [0.29, 0.717) is 46.4 Å². The molecule has 8 nitrogen and oxygen atoms in total. The van der Waals surface area contributed by atoms with E-state index in [9.17, 15) is 14.7 Å². The van der Waals surface area contributed by atoms with Crippen molar-refractivity contribution in [3.63, 3.8) is 0 Å². The Hall–Kier alpha value is -4.46. The van der Waals surface area contributed by atoms with Gasteiger partial charge in [-0.2, -0.15) is 0 Å². The topological polar surface area (TPSA) is 94.5 Å². The molecule has 1 fully saturated rings. The van der Waals surface area contributed by atoms with Crippen molar-refractivity contribution in [3.05, 3.63) is 82.4 Å². The molecule has 1 aliphatic rings. The summed E-state index contributed by atoms with van der Waals surface area (Å²) in [7, 11) is 4.53. The van der Waals surface area contributed by atoms with Crippen LogP contribution in [0, 0.1) is 13.8 Å². The first kappa shape index (κ1) is 26.6. The number of hydrogen-bond donors (Lipinski definition) is 1. The average molecular weight is 518 g/mol. The lowest BCUT2D eigenvalue weighted by Gasteiger charge is -2.26. The summed E-state index contributed by atoms with van der Waals surface area (Å²) in [5.74, 6) is -0.0355. The van der Waals surface area contributed by atoms with Crippen LogP contribution in [0.25, 0.3) is 5.76 Å². The number of methoxy groups -OCH3 is 3. The number of aliphatic hydroxyl groups excluding tert-OH is 1. The number of nitrogens with zero attached hydrogens (tertiary/aromatic N) is 1. The van der Waals surface area contributed by atoms with Crippen molar-refractivity contribution in [1.82, 2.24) is 0 Å². The van der Waals surface area contributed by atoms with Gasteiger partial charge in [0.15, 0.2) is 11.5 Å². The molecule has 1 N–H and O–H groups in total. The van der Waals surface area contributed by atoms with Crippen molar-refractivity contribution in [3.8, 4) is 23.0 Å². The molecular weight excluding hydrogens is 486 g/mol. The van der Waals surface area contributed by atoms with E-state index in [1.807, 2.05) is 26.8 Å². The highest BCUT2D eigenvalue weighted by Gasteiger charge is 2.47. The molecule has 0 aromatic heterocycles. The van der Waals surface area contributed by atoms with Crippen molar-refractivity contribution in [2.24, 2.45) is 0 Å². The van der Waals surface area contributed by atoms with E-state index in [4.69, 9.17) is 18.9 Å². The van der Waals surface area contributed by atoms with Crippen molar-refractivity contribution in [2.45, 2.75) is 26.8 Å². The minimum absolute atomic E-state index is 0.0627. The standard InChI is InChI=1S/C30H31NO7/c1-7-38-21-10-8-9-20(16-21)31-26(19-11-12-23(35-4)24(15-19)36-5)25(28(33)30(31)34)27(32)22-14-17(2)13-18(3)29(22)37-6/h8-16,26,32H,7H2,1-6H3/b27-25+. The fourth-order valence-electron chi connectivity index (χ4n) is 4.87. The molecule has 1 aliphatic heterocycles. The van der Waals surface area contributed by atoms with E-state index >= 15 is 0 Å². The van der Waals surface area contributed by atoms with Gasteiger partial charge in [0.05, 0.1) is 45.1 Å². The zero-order chi connectivity index (χ0) is 27.6. The number of aryl methyl sites for hydroxylation is 2. The zero-order valence-corrected chi connectivity index (χ0v) is 22.3. The van der Waals surface area contributed by atoms with Gasteiger partial charge < -0.3 is 24.1 Å². The number of hydrogen-bond acceptors (Lipinski definition) is 7. The highest BCUT2D eigenvalue weighted by Crippen LogP contribution is 2.45. The quantitative estimate of drug-likeness (QED) is 0.244. The lowest BCUT2D eigenvalue weighted by Crippen LogP contribution is -2.29. The van der Waals surface area contributed by atoms with Crippen molar-refractivity contribution < 1.29 is 33.6 Å². The highest BCUT2D eigenvalue weighted by atomic mass is 16.5. The van der Waals surface area contributed by atoms with Crippen molar-refractivity contribution in [2.75, 3.05) is 32.8 Å². The van der Waals surface area contributed by atoms with Gasteiger partial charge in [-0.25, -0.2) is 0 Å². The number of Topliss-reactive ketones (excluding diaryl/α,β-unsaturated/α-hetero) is 1. The fourth-order valence-corrected chi connectivity index (χ4v) is 4.87. The van der Waals surface area contributed by atoms with Gasteiger partial charge in [-0.15, -0.1) is 0 Å². The Balaban J connectivity index is 2.02. The highest BCUT2D eigenvalue weighted by molar-refractivity contribution is 6.51. The molecule has 1 amide bonds. The minimum atomic E-state index is -0.961. The van der Waals surface area contributed by atoms with Crippen LogP contribution in [-0.2, 0) is 9.59 Å². The number of ether oxygens (including phenoxy) is 4. The fraction of sp³-hybridized carbons (Fsp3) is 0.267. The normalized spacial score (nSPS) is 16.5. The van der Waals surface area contributed by atoms with Crippen LogP contribution in [0.3, 0.4) is 0 Å². The lowest BCUT2D eigenvalue weighted by atomic mass is 9.93. The number of carbonyl (C=O) groups is 2. The predicted octanol–water partition coefficient (Wildman–Crippen LogP) is 5.35. The molecule has 3 aromatic carbocycles. The van der Waals surface area contributed by atoms with Gasteiger partial charge in [0, 0.05) is 11.8 Å². The molecule has 0 aliphatic carbocycles. The molecule has 38 heavy (non-hydrogen) atoms. The van der Waals surface area contributed by atoms with Crippen molar-refractivity contribution in [1.29, 1.82) is 0 Å². The van der Waals surface area contributed by atoms with Crippen LogP contribution in [0.4, 0.5) is 5.69 Å². The number of rotatable bonds is 8. The SMILES string of the molecule is CCOc1cccc(N2C(=O)C(=O)/C(=C(/O)c3cc(C)cc(C)c3OC)C2c2ccc(OC)c(OC)c2)c1. The van der Waals surface area contributed by atoms with Gasteiger partial charge in [0.2, 0.25) is 0 Å². The van der Waals surface area contributed by atoms with E-state index in [-0.39, 0.29) is 11.3 Å². The summed E-state index contributed by atoms with van der Waals surface area (Å²) in [6.45, 7) is 6.03. The Morgan fingerprint density at radius 3 is 2.32 bits per heavy atom. The predicted molar refractivity (Wildman–Crippen MR) is 144 cm³/mol. The number of benzene rings is 3. The third kappa shape index (κ3) is 4.65. The third-order valence-electron chi connectivity index (χ3n) is 6.45. The van der Waals surface area contributed by atoms with E-state index in [0.717, 1.165) is 11.1 Å². The van der Waals surface area contributed by atoms with Crippen LogP contribution in [0.1, 0.15) is 35.2 Å². The molecule has 1 atom stereocenters. The van der Waals surface area contributed by atoms with E-state index in [1.165, 1.54) is 26.2 Å². The maximum Gasteiger partial charge on any atom is 0.300 e. The van der Waals surface area contributed by atoms with Gasteiger partial charge in [-0.05, 0) is 67.8 Å². The Morgan fingerprint density at radius 1 is 0.921 bits per heavy atom. The number of anilines is 1. The second kappa shape index (κ2) is 10.9. The van der Waals surface area contributed by atoms with Gasteiger partial charge in [0.25, 0.3) is 11.7 Å². The van der Waals surface area contributed by atoms with Crippen LogP contribution in [0.2, 0.25) is 0 Å². The molecule has 198 valence electrons. The molecule has 0 spiro atoms. The average Bonchev–Trinajstić information content (AvgIpc) is 3.17. The Morgan fingerprint density at radius 2 is 1.66 bits per heavy atom. The maximum absolute atomic E-state index is 13.6. The Kier molecular flexibility index (Phi) is 7.62. The van der Waals surface area contributed by atoms with Crippen LogP contribution in [-0.4, -0.2) is 44.7 Å². The van der Waals surface area contributed by atoms with Crippen LogP contribution < -0.4 is 23.8 Å².